The van der Waals surface area contributed by atoms with Crippen LogP contribution in [0.2, 0.25) is 0 Å². The molecule has 0 unspecified atom stereocenters. The summed E-state index contributed by atoms with van der Waals surface area (Å²) in [7, 11) is 0. The summed E-state index contributed by atoms with van der Waals surface area (Å²) >= 11 is 0. The van der Waals surface area contributed by atoms with Gasteiger partial charge in [0.15, 0.2) is 0 Å². The lowest BCUT2D eigenvalue weighted by Crippen LogP contribution is -2.61. The van der Waals surface area contributed by atoms with Crippen LogP contribution >= 0.6 is 0 Å². The largest absolute Gasteiger partial charge is 0.311 e. The molecule has 14 aromatic carbocycles. The lowest BCUT2D eigenvalue weighted by molar-refractivity contribution is 1.17. The van der Waals surface area contributed by atoms with Gasteiger partial charge in [-0.3, -0.25) is 0 Å². The molecule has 17 rings (SSSR count). The zero-order valence-electron chi connectivity index (χ0n) is 57.5. The number of para-hydroxylation sites is 1. The van der Waals surface area contributed by atoms with Gasteiger partial charge in [0, 0.05) is 56.0 Å². The first-order valence-corrected chi connectivity index (χ1v) is 34.6. The maximum atomic E-state index is 2.70. The Hall–Kier alpha value is -11.5. The quantitative estimate of drug-likeness (QED) is 0.126. The van der Waals surface area contributed by atoms with Crippen molar-refractivity contribution < 1.29 is 0 Å². The van der Waals surface area contributed by atoms with E-state index in [1.807, 2.05) is 0 Å². The van der Waals surface area contributed by atoms with E-state index in [1.165, 1.54) is 144 Å². The van der Waals surface area contributed by atoms with Gasteiger partial charge in [-0.05, 0) is 275 Å². The van der Waals surface area contributed by atoms with Crippen molar-refractivity contribution in [2.45, 2.75) is 69.2 Å². The molecule has 0 aliphatic carbocycles. The topological polar surface area (TPSA) is 11.4 Å². The fourth-order valence-corrected chi connectivity index (χ4v) is 17.2. The van der Waals surface area contributed by atoms with Gasteiger partial charge in [0.2, 0.25) is 0 Å². The number of aryl methyl sites for hydroxylation is 10. The average Bonchev–Trinajstić information content (AvgIpc) is 0.699. The van der Waals surface area contributed by atoms with Crippen molar-refractivity contribution in [2.75, 3.05) is 9.80 Å². The highest BCUT2D eigenvalue weighted by Crippen LogP contribution is 2.53. The first-order valence-electron chi connectivity index (χ1n) is 34.6. The van der Waals surface area contributed by atoms with E-state index < -0.39 is 0 Å². The molecule has 3 heterocycles. The van der Waals surface area contributed by atoms with Crippen LogP contribution in [-0.2, 0) is 0 Å². The van der Waals surface area contributed by atoms with Crippen LogP contribution < -0.4 is 26.2 Å². The Morgan fingerprint density at radius 2 is 0.582 bits per heavy atom. The molecule has 3 nitrogen and oxygen atoms in total. The summed E-state index contributed by atoms with van der Waals surface area (Å²) in [6, 6.07) is 106. The van der Waals surface area contributed by atoms with Gasteiger partial charge >= 0.3 is 0 Å². The van der Waals surface area contributed by atoms with Crippen molar-refractivity contribution in [1.82, 2.24) is 4.57 Å². The van der Waals surface area contributed by atoms with Crippen molar-refractivity contribution in [3.8, 4) is 83.6 Å². The third-order valence-electron chi connectivity index (χ3n) is 21.5. The Morgan fingerprint density at radius 1 is 0.235 bits per heavy atom. The van der Waals surface area contributed by atoms with Crippen molar-refractivity contribution in [3.63, 3.8) is 0 Å². The van der Waals surface area contributed by atoms with E-state index in [2.05, 4.69) is 363 Å². The Morgan fingerprint density at radius 3 is 1.04 bits per heavy atom. The number of hydrogen-bond acceptors (Lipinski definition) is 2. The molecule has 0 saturated heterocycles. The maximum Gasteiger partial charge on any atom is 0.252 e. The molecule has 0 radical (unpaired) electrons. The zero-order chi connectivity index (χ0) is 66.8. The van der Waals surface area contributed by atoms with E-state index in [1.54, 1.807) is 0 Å². The third-order valence-corrected chi connectivity index (χ3v) is 21.5. The Balaban J connectivity index is 1.02. The summed E-state index contributed by atoms with van der Waals surface area (Å²) in [5.41, 5.74) is 43.6. The molecule has 0 spiro atoms. The first kappa shape index (κ1) is 60.2. The Labute approximate surface area is 577 Å². The number of nitrogens with zero attached hydrogens (tertiary/aromatic N) is 3. The second-order valence-corrected chi connectivity index (χ2v) is 27.7. The molecule has 1 aromatic heterocycles. The van der Waals surface area contributed by atoms with Gasteiger partial charge in [-0.2, -0.15) is 0 Å². The molecule has 4 heteroatoms. The lowest BCUT2D eigenvalue weighted by Gasteiger charge is -2.45. The van der Waals surface area contributed by atoms with Gasteiger partial charge in [-0.1, -0.05) is 212 Å². The standard InChI is InChI=1S/C94H76BN3/c1-57-24-17-25-58(2)88(57)69-38-22-39-74(50-69)97-84-53-72(91-63(7)30-20-31-64(91)8)42-46-80(84)95-81-47-45-75(96-82-48-43-70(89-59(3)26-18-27-60(89)4)51-78(82)79-52-71(44-49-83(79)96)90-61(5)28-19-29-62(90)6)56-85(81)98(87-55-73(54-86(97)93(87)95)92-65(9)32-21-33-66(92)10)94-76(67-34-13-11-14-35-67)40-23-41-77(94)68-36-15-12-16-37-68/h11-56H,1-10H3. The molecule has 15 aromatic rings. The molecule has 470 valence electrons. The number of aromatic nitrogens is 1. The van der Waals surface area contributed by atoms with Crippen molar-refractivity contribution >= 4 is 79.0 Å². The van der Waals surface area contributed by atoms with Crippen LogP contribution in [0.3, 0.4) is 0 Å². The molecule has 98 heavy (non-hydrogen) atoms. The predicted molar refractivity (Wildman–Crippen MR) is 420 cm³/mol. The summed E-state index contributed by atoms with van der Waals surface area (Å²) in [6.07, 6.45) is 0. The van der Waals surface area contributed by atoms with Crippen LogP contribution in [0.25, 0.3) is 105 Å². The van der Waals surface area contributed by atoms with Crippen LogP contribution in [-0.4, -0.2) is 11.3 Å². The molecule has 2 aliphatic rings. The maximum absolute atomic E-state index is 2.70. The first-order chi connectivity index (χ1) is 47.8. The van der Waals surface area contributed by atoms with Crippen LogP contribution in [0.15, 0.2) is 279 Å². The smallest absolute Gasteiger partial charge is 0.252 e. The van der Waals surface area contributed by atoms with Crippen molar-refractivity contribution in [2.24, 2.45) is 0 Å². The van der Waals surface area contributed by atoms with E-state index in [0.29, 0.717) is 0 Å². The van der Waals surface area contributed by atoms with Crippen LogP contribution in [0, 0.1) is 69.2 Å². The summed E-state index contributed by atoms with van der Waals surface area (Å²) in [4.78, 5) is 5.33. The monoisotopic (exact) mass is 1260 g/mol. The number of anilines is 6. The minimum absolute atomic E-state index is 0.186. The summed E-state index contributed by atoms with van der Waals surface area (Å²) < 4.78 is 2.55. The lowest BCUT2D eigenvalue weighted by atomic mass is 9.33. The molecule has 0 fully saturated rings. The summed E-state index contributed by atoms with van der Waals surface area (Å²) in [5, 5.41) is 2.44. The molecular weight excluding hydrogens is 1180 g/mol. The molecule has 0 amide bonds. The average molecular weight is 1260 g/mol. The van der Waals surface area contributed by atoms with Crippen LogP contribution in [0.1, 0.15) is 55.6 Å². The number of hydrogen-bond donors (Lipinski definition) is 0. The van der Waals surface area contributed by atoms with Crippen molar-refractivity contribution in [1.29, 1.82) is 0 Å². The van der Waals surface area contributed by atoms with E-state index >= 15 is 0 Å². The highest BCUT2D eigenvalue weighted by molar-refractivity contribution is 7.00. The normalized spacial score (nSPS) is 12.3. The second-order valence-electron chi connectivity index (χ2n) is 27.7. The highest BCUT2D eigenvalue weighted by atomic mass is 15.2. The van der Waals surface area contributed by atoms with E-state index in [9.17, 15) is 0 Å². The molecule has 2 aliphatic heterocycles. The van der Waals surface area contributed by atoms with Gasteiger partial charge in [-0.15, -0.1) is 0 Å². The minimum atomic E-state index is -0.186. The van der Waals surface area contributed by atoms with Crippen molar-refractivity contribution in [3.05, 3.63) is 335 Å². The second kappa shape index (κ2) is 23.7. The minimum Gasteiger partial charge on any atom is -0.311 e. The van der Waals surface area contributed by atoms with Gasteiger partial charge in [0.1, 0.15) is 0 Å². The third kappa shape index (κ3) is 9.71. The summed E-state index contributed by atoms with van der Waals surface area (Å²) in [5.74, 6) is 0. The molecule has 0 atom stereocenters. The zero-order valence-corrected chi connectivity index (χ0v) is 57.5. The SMILES string of the molecule is Cc1cccc(C)c1-c1cccc(N2c3cc(-c4c(C)cccc4C)ccc3B3c4ccc(-n5c6ccc(-c7c(C)cccc7C)cc6c6cc(-c7c(C)cccc7C)ccc65)cc4N(c4c(-c5ccccc5)cccc4-c4ccccc4)c4cc(-c5c(C)cccc5C)cc2c43)c1. The predicted octanol–water partition coefficient (Wildman–Crippen LogP) is 23.6. The van der Waals surface area contributed by atoms with E-state index in [4.69, 9.17) is 0 Å². The van der Waals surface area contributed by atoms with Crippen LogP contribution in [0.4, 0.5) is 34.1 Å². The highest BCUT2D eigenvalue weighted by Gasteiger charge is 2.45. The Bertz CT molecular complexity index is 5500. The Kier molecular flexibility index (Phi) is 14.6. The van der Waals surface area contributed by atoms with Gasteiger partial charge < -0.3 is 14.4 Å². The van der Waals surface area contributed by atoms with Gasteiger partial charge in [0.25, 0.3) is 6.71 Å². The summed E-state index contributed by atoms with van der Waals surface area (Å²) in [6.45, 7) is 22.4. The molecular formula is C94H76BN3. The van der Waals surface area contributed by atoms with Crippen LogP contribution in [0.5, 0.6) is 0 Å². The fraction of sp³-hybridized carbons (Fsp3) is 0.106. The number of rotatable bonds is 10. The molecule has 0 N–H and O–H groups in total. The fourth-order valence-electron chi connectivity index (χ4n) is 17.2. The van der Waals surface area contributed by atoms with E-state index in [0.717, 1.165) is 67.4 Å². The molecule has 0 saturated carbocycles. The van der Waals surface area contributed by atoms with E-state index in [-0.39, 0.29) is 6.71 Å². The molecule has 0 bridgehead atoms. The van der Waals surface area contributed by atoms with Gasteiger partial charge in [0.05, 0.1) is 16.7 Å². The number of fused-ring (bicyclic) bond motifs is 7. The number of benzene rings is 14. The van der Waals surface area contributed by atoms with Gasteiger partial charge in [-0.25, -0.2) is 0 Å².